The van der Waals surface area contributed by atoms with Gasteiger partial charge in [0.1, 0.15) is 10.8 Å². The minimum atomic E-state index is -0.656. The Morgan fingerprint density at radius 2 is 2.15 bits per heavy atom. The number of nitrogens with zero attached hydrogens (tertiary/aromatic N) is 5. The molecule has 1 N–H and O–H groups in total. The summed E-state index contributed by atoms with van der Waals surface area (Å²) in [5.41, 5.74) is 0.642. The molecule has 3 aromatic heterocycles. The molecule has 1 aliphatic heterocycles. The van der Waals surface area contributed by atoms with Crippen LogP contribution >= 0.6 is 11.3 Å². The van der Waals surface area contributed by atoms with Gasteiger partial charge in [0.15, 0.2) is 11.0 Å². The van der Waals surface area contributed by atoms with E-state index in [0.29, 0.717) is 15.7 Å². The highest BCUT2D eigenvalue weighted by atomic mass is 32.1. The number of aryl methyl sites for hydroxylation is 1. The summed E-state index contributed by atoms with van der Waals surface area (Å²) in [5.74, 6) is -0.854. The van der Waals surface area contributed by atoms with Crippen molar-refractivity contribution in [2.75, 3.05) is 0 Å². The maximum Gasteiger partial charge on any atom is 0.263 e. The number of amides is 2. The second-order valence-electron chi connectivity index (χ2n) is 5.71. The molecule has 1 aliphatic rings. The van der Waals surface area contributed by atoms with Gasteiger partial charge in [-0.3, -0.25) is 9.59 Å². The van der Waals surface area contributed by atoms with Gasteiger partial charge in [-0.1, -0.05) is 22.6 Å². The van der Waals surface area contributed by atoms with Crippen molar-refractivity contribution >= 4 is 29.4 Å². The van der Waals surface area contributed by atoms with Crippen molar-refractivity contribution in [3.63, 3.8) is 0 Å². The monoisotopic (exact) mass is 382 g/mol. The van der Waals surface area contributed by atoms with Gasteiger partial charge in [-0.2, -0.15) is 4.98 Å². The average molecular weight is 382 g/mol. The van der Waals surface area contributed by atoms with Crippen molar-refractivity contribution in [1.82, 2.24) is 25.0 Å². The fraction of sp³-hybridized carbons (Fsp3) is 0.176. The summed E-state index contributed by atoms with van der Waals surface area (Å²) in [7, 11) is 0. The normalized spacial score (nSPS) is 16.0. The molecule has 1 unspecified atom stereocenters. The molecule has 0 fully saturated rings. The Bertz CT molecular complexity index is 1050. The van der Waals surface area contributed by atoms with Crippen molar-refractivity contribution in [2.24, 2.45) is 4.99 Å². The fourth-order valence-electron chi connectivity index (χ4n) is 2.50. The molecule has 0 saturated heterocycles. The van der Waals surface area contributed by atoms with E-state index >= 15 is 0 Å². The minimum absolute atomic E-state index is 0.0515. The van der Waals surface area contributed by atoms with Crippen molar-refractivity contribution in [3.05, 3.63) is 59.0 Å². The summed E-state index contributed by atoms with van der Waals surface area (Å²) in [6.45, 7) is 1.83. The van der Waals surface area contributed by atoms with E-state index in [-0.39, 0.29) is 30.1 Å². The van der Waals surface area contributed by atoms with Crippen LogP contribution in [0.1, 0.15) is 33.0 Å². The van der Waals surface area contributed by atoms with Gasteiger partial charge in [0.05, 0.1) is 12.2 Å². The summed E-state index contributed by atoms with van der Waals surface area (Å²) in [5, 5.41) is 7.25. The Morgan fingerprint density at radius 1 is 1.33 bits per heavy atom. The molecule has 0 spiro atoms. The Morgan fingerprint density at radius 3 is 2.93 bits per heavy atom. The number of carbonyl (C=O) groups excluding carboxylic acids is 2. The summed E-state index contributed by atoms with van der Waals surface area (Å²) in [6, 6.07) is 3.78. The van der Waals surface area contributed by atoms with Gasteiger partial charge in [-0.15, -0.1) is 0 Å². The number of rotatable bonds is 5. The first-order valence-electron chi connectivity index (χ1n) is 8.08. The molecule has 2 amide bonds. The van der Waals surface area contributed by atoms with Gasteiger partial charge in [-0.05, 0) is 25.1 Å². The third kappa shape index (κ3) is 3.47. The fourth-order valence-corrected chi connectivity index (χ4v) is 3.45. The Hall–Kier alpha value is -3.40. The van der Waals surface area contributed by atoms with E-state index in [9.17, 15) is 9.59 Å². The zero-order chi connectivity index (χ0) is 18.8. The van der Waals surface area contributed by atoms with Crippen molar-refractivity contribution in [1.29, 1.82) is 0 Å². The van der Waals surface area contributed by atoms with Gasteiger partial charge >= 0.3 is 0 Å². The van der Waals surface area contributed by atoms with Crippen molar-refractivity contribution in [2.45, 2.75) is 19.4 Å². The summed E-state index contributed by atoms with van der Waals surface area (Å²) in [4.78, 5) is 37.0. The van der Waals surface area contributed by atoms with Crippen LogP contribution in [0.3, 0.4) is 0 Å². The summed E-state index contributed by atoms with van der Waals surface area (Å²) >= 11 is 1.29. The van der Waals surface area contributed by atoms with Gasteiger partial charge in [0.25, 0.3) is 11.8 Å². The van der Waals surface area contributed by atoms with Gasteiger partial charge < -0.3 is 14.4 Å². The van der Waals surface area contributed by atoms with E-state index in [0.717, 1.165) is 0 Å². The van der Waals surface area contributed by atoms with Crippen molar-refractivity contribution < 1.29 is 14.1 Å². The molecule has 0 saturated carbocycles. The van der Waals surface area contributed by atoms with Crippen LogP contribution in [-0.4, -0.2) is 37.7 Å². The highest BCUT2D eigenvalue weighted by Gasteiger charge is 2.24. The summed E-state index contributed by atoms with van der Waals surface area (Å²) in [6.07, 6.45) is 8.44. The lowest BCUT2D eigenvalue weighted by Gasteiger charge is -2.04. The first kappa shape index (κ1) is 17.0. The summed E-state index contributed by atoms with van der Waals surface area (Å²) < 4.78 is 6.96. The zero-order valence-electron chi connectivity index (χ0n) is 14.2. The largest absolute Gasteiger partial charge is 0.342 e. The number of thiazole rings is 1. The number of hydrogen-bond acceptors (Lipinski definition) is 7. The molecule has 1 atom stereocenters. The maximum absolute atomic E-state index is 12.5. The molecule has 0 radical (unpaired) electrons. The van der Waals surface area contributed by atoms with Gasteiger partial charge in [0, 0.05) is 18.6 Å². The number of nitrogens with one attached hydrogen (secondary N) is 1. The second kappa shape index (κ2) is 7.08. The maximum atomic E-state index is 12.5. The lowest BCUT2D eigenvalue weighted by molar-refractivity contribution is -0.118. The predicted molar refractivity (Wildman–Crippen MR) is 97.0 cm³/mol. The topological polar surface area (TPSA) is 115 Å². The first-order chi connectivity index (χ1) is 13.1. The number of aliphatic imine (C=N–C) groups is 1. The SMILES string of the molecule is Cc1nc(-n2cccc2)sc1C(=O)NCc1nc(C2C=CC=NC2=O)no1. The van der Waals surface area contributed by atoms with Crippen LogP contribution < -0.4 is 5.32 Å². The van der Waals surface area contributed by atoms with Crippen LogP contribution in [0.25, 0.3) is 5.13 Å². The molecule has 9 nitrogen and oxygen atoms in total. The second-order valence-corrected chi connectivity index (χ2v) is 6.69. The van der Waals surface area contributed by atoms with Crippen molar-refractivity contribution in [3.8, 4) is 5.13 Å². The minimum Gasteiger partial charge on any atom is -0.342 e. The van der Waals surface area contributed by atoms with Gasteiger partial charge in [-0.25, -0.2) is 9.98 Å². The molecule has 4 heterocycles. The molecule has 4 rings (SSSR count). The van der Waals surface area contributed by atoms with Crippen LogP contribution in [0.2, 0.25) is 0 Å². The number of hydrogen-bond donors (Lipinski definition) is 1. The average Bonchev–Trinajstić information content (AvgIpc) is 3.40. The lowest BCUT2D eigenvalue weighted by Crippen LogP contribution is -2.22. The molecule has 0 aliphatic carbocycles. The molecule has 10 heteroatoms. The van der Waals surface area contributed by atoms with E-state index < -0.39 is 5.92 Å². The standard InChI is InChI=1S/C17H14N6O3S/c1-10-13(27-17(20-10)23-7-2-3-8-23)16(25)19-9-12-21-14(22-26-12)11-5-4-6-18-15(11)24/h2-8,11H,9H2,1H3,(H,19,25). The third-order valence-corrected chi connectivity index (χ3v) is 5.01. The van der Waals surface area contributed by atoms with E-state index in [1.165, 1.54) is 17.6 Å². The van der Waals surface area contributed by atoms with Crippen LogP contribution in [-0.2, 0) is 11.3 Å². The Balaban J connectivity index is 1.42. The number of allylic oxidation sites excluding steroid dienone is 1. The first-order valence-corrected chi connectivity index (χ1v) is 8.89. The number of aromatic nitrogens is 4. The molecule has 27 heavy (non-hydrogen) atoms. The Kier molecular flexibility index (Phi) is 4.47. The van der Waals surface area contributed by atoms with E-state index in [1.807, 2.05) is 29.1 Å². The molecular formula is C17H14N6O3S. The smallest absolute Gasteiger partial charge is 0.263 e. The quantitative estimate of drug-likeness (QED) is 0.719. The highest BCUT2D eigenvalue weighted by Crippen LogP contribution is 2.22. The van der Waals surface area contributed by atoms with Crippen LogP contribution in [0.15, 0.2) is 46.2 Å². The molecule has 136 valence electrons. The van der Waals surface area contributed by atoms with Crippen LogP contribution in [0, 0.1) is 6.92 Å². The van der Waals surface area contributed by atoms with Crippen LogP contribution in [0.5, 0.6) is 0 Å². The number of carbonyl (C=O) groups is 2. The van der Waals surface area contributed by atoms with E-state index in [2.05, 4.69) is 25.4 Å². The molecular weight excluding hydrogens is 368 g/mol. The zero-order valence-corrected chi connectivity index (χ0v) is 15.0. The van der Waals surface area contributed by atoms with E-state index in [1.54, 1.807) is 19.1 Å². The Labute approximate surface area is 157 Å². The molecule has 0 aromatic carbocycles. The molecule has 3 aromatic rings. The van der Waals surface area contributed by atoms with E-state index in [4.69, 9.17) is 4.52 Å². The lowest BCUT2D eigenvalue weighted by atomic mass is 10.1. The molecule has 0 bridgehead atoms. The highest BCUT2D eigenvalue weighted by molar-refractivity contribution is 7.16. The van der Waals surface area contributed by atoms with Gasteiger partial charge in [0.2, 0.25) is 5.89 Å². The third-order valence-electron chi connectivity index (χ3n) is 3.84. The number of dihydropyridines is 1. The van der Waals surface area contributed by atoms with Crippen LogP contribution in [0.4, 0.5) is 0 Å². The predicted octanol–water partition coefficient (Wildman–Crippen LogP) is 1.81.